The highest BCUT2D eigenvalue weighted by Gasteiger charge is 2.16. The van der Waals surface area contributed by atoms with Crippen molar-refractivity contribution < 1.29 is 4.39 Å². The lowest BCUT2D eigenvalue weighted by Gasteiger charge is -2.22. The standard InChI is InChI=1S/C30H29FN6/c1-3-20(14-21(4-2)15-22-10-12-32-13-11-22)8-9-24-17-34-37-28(24)30-35-27-19-33-18-26(29(27)36-30)23-6-5-7-25(31)16-23/h3-7,14,16-19,22,32H,2,10-13,15H2,1H3,(H,34,37)(H,35,36)/b20-3-,21-14+. The molecule has 5 rings (SSSR count). The third kappa shape index (κ3) is 5.60. The van der Waals surface area contributed by atoms with Gasteiger partial charge in [0.25, 0.3) is 0 Å². The van der Waals surface area contributed by atoms with Gasteiger partial charge in [-0.3, -0.25) is 10.1 Å². The normalized spacial score (nSPS) is 15.0. The average molecular weight is 493 g/mol. The van der Waals surface area contributed by atoms with Crippen molar-refractivity contribution in [2.75, 3.05) is 13.1 Å². The molecule has 1 aromatic carbocycles. The first kappa shape index (κ1) is 24.4. The Hall–Kier alpha value is -4.28. The van der Waals surface area contributed by atoms with Crippen molar-refractivity contribution in [3.05, 3.63) is 90.2 Å². The van der Waals surface area contributed by atoms with Crippen LogP contribution in [0.5, 0.6) is 0 Å². The zero-order valence-electron chi connectivity index (χ0n) is 20.8. The van der Waals surface area contributed by atoms with Crippen molar-refractivity contribution in [2.45, 2.75) is 26.2 Å². The summed E-state index contributed by atoms with van der Waals surface area (Å²) in [6.07, 6.45) is 14.6. The monoisotopic (exact) mass is 492 g/mol. The summed E-state index contributed by atoms with van der Waals surface area (Å²) in [5.74, 6) is 7.50. The third-order valence-corrected chi connectivity index (χ3v) is 6.64. The summed E-state index contributed by atoms with van der Waals surface area (Å²) in [5, 5.41) is 10.6. The molecule has 4 aromatic rings. The van der Waals surface area contributed by atoms with Crippen LogP contribution in [-0.4, -0.2) is 38.2 Å². The molecule has 1 saturated heterocycles. The first-order valence-corrected chi connectivity index (χ1v) is 12.5. The van der Waals surface area contributed by atoms with E-state index in [2.05, 4.69) is 50.0 Å². The van der Waals surface area contributed by atoms with Crippen LogP contribution in [0.25, 0.3) is 33.7 Å². The number of aromatic amines is 2. The fraction of sp³-hybridized carbons (Fsp3) is 0.233. The zero-order valence-corrected chi connectivity index (χ0v) is 20.8. The molecule has 3 aromatic heterocycles. The Kier molecular flexibility index (Phi) is 7.38. The Bertz CT molecular complexity index is 1540. The molecule has 0 aliphatic carbocycles. The second-order valence-electron chi connectivity index (χ2n) is 9.15. The van der Waals surface area contributed by atoms with Crippen LogP contribution >= 0.6 is 0 Å². The molecular weight excluding hydrogens is 463 g/mol. The van der Waals surface area contributed by atoms with Crippen molar-refractivity contribution in [3.63, 3.8) is 0 Å². The molecule has 4 heterocycles. The molecule has 1 aliphatic heterocycles. The molecule has 0 unspecified atom stereocenters. The smallest absolute Gasteiger partial charge is 0.157 e. The molecule has 0 amide bonds. The summed E-state index contributed by atoms with van der Waals surface area (Å²) >= 11 is 0. The van der Waals surface area contributed by atoms with Crippen LogP contribution in [-0.2, 0) is 0 Å². The van der Waals surface area contributed by atoms with Gasteiger partial charge in [0.15, 0.2) is 5.82 Å². The summed E-state index contributed by atoms with van der Waals surface area (Å²) in [4.78, 5) is 12.4. The van der Waals surface area contributed by atoms with Gasteiger partial charge in [0, 0.05) is 17.3 Å². The van der Waals surface area contributed by atoms with E-state index in [1.54, 1.807) is 24.7 Å². The number of benzene rings is 1. The van der Waals surface area contributed by atoms with E-state index >= 15 is 0 Å². The highest BCUT2D eigenvalue weighted by atomic mass is 19.1. The van der Waals surface area contributed by atoms with Gasteiger partial charge in [-0.1, -0.05) is 42.7 Å². The van der Waals surface area contributed by atoms with E-state index in [9.17, 15) is 4.39 Å². The molecule has 0 atom stereocenters. The molecule has 0 spiro atoms. The first-order chi connectivity index (χ1) is 18.1. The van der Waals surface area contributed by atoms with Gasteiger partial charge in [-0.2, -0.15) is 5.10 Å². The maximum atomic E-state index is 13.8. The van der Waals surface area contributed by atoms with E-state index < -0.39 is 0 Å². The molecule has 6 nitrogen and oxygen atoms in total. The molecule has 1 aliphatic rings. The third-order valence-electron chi connectivity index (χ3n) is 6.64. The van der Waals surface area contributed by atoms with Gasteiger partial charge < -0.3 is 10.3 Å². The minimum Gasteiger partial charge on any atom is -0.335 e. The number of H-pyrrole nitrogens is 2. The number of hydrogen-bond donors (Lipinski definition) is 3. The Labute approximate surface area is 215 Å². The number of halogens is 1. The van der Waals surface area contributed by atoms with Gasteiger partial charge in [-0.25, -0.2) is 9.37 Å². The van der Waals surface area contributed by atoms with Crippen molar-refractivity contribution in [1.82, 2.24) is 30.5 Å². The van der Waals surface area contributed by atoms with Crippen molar-refractivity contribution >= 4 is 11.0 Å². The van der Waals surface area contributed by atoms with Crippen molar-refractivity contribution in [1.29, 1.82) is 0 Å². The predicted octanol–water partition coefficient (Wildman–Crippen LogP) is 5.95. The number of allylic oxidation sites excluding steroid dienone is 5. The number of hydrogen-bond acceptors (Lipinski definition) is 4. The Morgan fingerprint density at radius 1 is 1.22 bits per heavy atom. The van der Waals surface area contributed by atoms with E-state index in [4.69, 9.17) is 4.98 Å². The molecular formula is C30H29FN6. The lowest BCUT2D eigenvalue weighted by molar-refractivity contribution is 0.374. The summed E-state index contributed by atoms with van der Waals surface area (Å²) in [6, 6.07) is 6.42. The fourth-order valence-electron chi connectivity index (χ4n) is 4.63. The van der Waals surface area contributed by atoms with Gasteiger partial charge in [0.1, 0.15) is 11.5 Å². The molecule has 7 heteroatoms. The highest BCUT2D eigenvalue weighted by Crippen LogP contribution is 2.29. The molecule has 0 saturated carbocycles. The zero-order chi connectivity index (χ0) is 25.6. The average Bonchev–Trinajstić information content (AvgIpc) is 3.57. The van der Waals surface area contributed by atoms with Crippen LogP contribution in [0.15, 0.2) is 78.8 Å². The van der Waals surface area contributed by atoms with E-state index in [0.717, 1.165) is 41.7 Å². The fourth-order valence-corrected chi connectivity index (χ4v) is 4.63. The van der Waals surface area contributed by atoms with E-state index in [-0.39, 0.29) is 5.82 Å². The van der Waals surface area contributed by atoms with Crippen molar-refractivity contribution in [3.8, 4) is 34.5 Å². The molecule has 3 N–H and O–H groups in total. The molecule has 186 valence electrons. The minimum atomic E-state index is -0.305. The van der Waals surface area contributed by atoms with Gasteiger partial charge in [0.2, 0.25) is 0 Å². The maximum absolute atomic E-state index is 13.8. The quantitative estimate of drug-likeness (QED) is 0.229. The second-order valence-corrected chi connectivity index (χ2v) is 9.15. The number of imidazole rings is 1. The Morgan fingerprint density at radius 2 is 2.08 bits per heavy atom. The number of rotatable bonds is 6. The highest BCUT2D eigenvalue weighted by molar-refractivity contribution is 5.92. The summed E-state index contributed by atoms with van der Waals surface area (Å²) in [6.45, 7) is 8.17. The number of nitrogens with zero attached hydrogens (tertiary/aromatic N) is 3. The number of pyridine rings is 1. The molecule has 0 bridgehead atoms. The van der Waals surface area contributed by atoms with Crippen LogP contribution in [0.2, 0.25) is 0 Å². The summed E-state index contributed by atoms with van der Waals surface area (Å²) < 4.78 is 13.8. The second kappa shape index (κ2) is 11.2. The number of fused-ring (bicyclic) bond motifs is 1. The summed E-state index contributed by atoms with van der Waals surface area (Å²) in [5.41, 5.74) is 6.46. The SMILES string of the molecule is C=C/C(=C\C(C#Cc1cn[nH]c1-c1nc2c(-c3cccc(F)c3)cncc2[nH]1)=C/C)CC1CCNCC1. The van der Waals surface area contributed by atoms with E-state index in [0.29, 0.717) is 28.5 Å². The van der Waals surface area contributed by atoms with Crippen LogP contribution in [0.3, 0.4) is 0 Å². The lowest BCUT2D eigenvalue weighted by atomic mass is 9.90. The topological polar surface area (TPSA) is 82.3 Å². The number of aromatic nitrogens is 5. The van der Waals surface area contributed by atoms with Gasteiger partial charge in [-0.05, 0) is 74.5 Å². The van der Waals surface area contributed by atoms with E-state index in [1.165, 1.54) is 30.5 Å². The maximum Gasteiger partial charge on any atom is 0.157 e. The van der Waals surface area contributed by atoms with Crippen molar-refractivity contribution in [2.24, 2.45) is 5.92 Å². The van der Waals surface area contributed by atoms with Crippen LogP contribution in [0.4, 0.5) is 4.39 Å². The van der Waals surface area contributed by atoms with Crippen LogP contribution < -0.4 is 5.32 Å². The van der Waals surface area contributed by atoms with Gasteiger partial charge in [0.05, 0.1) is 29.0 Å². The minimum absolute atomic E-state index is 0.305. The van der Waals surface area contributed by atoms with Crippen LogP contribution in [0.1, 0.15) is 31.7 Å². The van der Waals surface area contributed by atoms with Gasteiger partial charge >= 0.3 is 0 Å². The number of piperidine rings is 1. The molecule has 37 heavy (non-hydrogen) atoms. The Morgan fingerprint density at radius 3 is 2.86 bits per heavy atom. The summed E-state index contributed by atoms with van der Waals surface area (Å²) in [7, 11) is 0. The number of nitrogens with one attached hydrogen (secondary N) is 3. The van der Waals surface area contributed by atoms with Gasteiger partial charge in [-0.15, -0.1) is 0 Å². The largest absolute Gasteiger partial charge is 0.335 e. The molecule has 1 fully saturated rings. The Balaban J connectivity index is 1.42. The first-order valence-electron chi connectivity index (χ1n) is 12.5. The predicted molar refractivity (Wildman–Crippen MR) is 146 cm³/mol. The van der Waals surface area contributed by atoms with E-state index in [1.807, 2.05) is 25.1 Å². The van der Waals surface area contributed by atoms with Crippen LogP contribution in [0, 0.1) is 23.6 Å². The molecule has 0 radical (unpaired) electrons. The lowest BCUT2D eigenvalue weighted by Crippen LogP contribution is -2.27.